The Morgan fingerprint density at radius 3 is 1.49 bits per heavy atom. The molecular formula is C48H91FNO12P. The normalized spacial score (nSPS) is 20.0. The van der Waals surface area contributed by atoms with Crippen LogP contribution in [0.3, 0.4) is 0 Å². The van der Waals surface area contributed by atoms with Crippen molar-refractivity contribution < 1.29 is 62.1 Å². The number of phosphoric ester groups is 1. The fraction of sp³-hybridized carbons (Fsp3) is 0.938. The minimum Gasteiger partial charge on any atom is -0.462 e. The van der Waals surface area contributed by atoms with E-state index in [1.165, 1.54) is 103 Å². The standard InChI is InChI=1S/C48H91FNO12P/c1-4-7-10-13-16-19-20-23-26-29-32-35-43(54)59-40(34-31-28-25-22-18-15-12-9-6-3)37-44(55)61-47-45(48(49)60-41(38-51)46(47)62-63(56,57)58)50-42(53)36-39(52)33-30-27-24-21-17-14-11-8-5-2/h39-41,45-48,51-52H,4-38H2,1-3H3,(H,50,53)(H2,56,57,58)/t39?,40-,41-,45-,46-,47-,48+/m1/s1. The predicted molar refractivity (Wildman–Crippen MR) is 245 cm³/mol. The van der Waals surface area contributed by atoms with Crippen LogP contribution in [-0.2, 0) is 37.7 Å². The molecule has 0 aliphatic carbocycles. The van der Waals surface area contributed by atoms with Gasteiger partial charge in [-0.25, -0.2) is 8.96 Å². The van der Waals surface area contributed by atoms with E-state index in [1.54, 1.807) is 0 Å². The Kier molecular flexibility index (Phi) is 36.2. The summed E-state index contributed by atoms with van der Waals surface area (Å²) in [6.45, 7) is 5.63. The van der Waals surface area contributed by atoms with E-state index in [2.05, 4.69) is 26.1 Å². The number of phosphoric acid groups is 1. The monoisotopic (exact) mass is 924 g/mol. The van der Waals surface area contributed by atoms with Gasteiger partial charge in [0.05, 0.1) is 25.6 Å². The number of hydrogen-bond donors (Lipinski definition) is 5. The van der Waals surface area contributed by atoms with Crippen molar-refractivity contribution in [1.29, 1.82) is 0 Å². The Morgan fingerprint density at radius 1 is 0.619 bits per heavy atom. The molecule has 1 aliphatic heterocycles. The van der Waals surface area contributed by atoms with E-state index in [4.69, 9.17) is 18.7 Å². The largest absolute Gasteiger partial charge is 0.470 e. The molecule has 0 aromatic carbocycles. The summed E-state index contributed by atoms with van der Waals surface area (Å²) < 4.78 is 49.3. The molecule has 0 bridgehead atoms. The van der Waals surface area contributed by atoms with Crippen molar-refractivity contribution in [3.8, 4) is 0 Å². The third kappa shape index (κ3) is 31.8. The van der Waals surface area contributed by atoms with Gasteiger partial charge < -0.3 is 39.5 Å². The summed E-state index contributed by atoms with van der Waals surface area (Å²) in [5, 5.41) is 23.0. The number of ether oxygens (including phenoxy) is 3. The lowest BCUT2D eigenvalue weighted by molar-refractivity contribution is -0.234. The first kappa shape index (κ1) is 59.3. The summed E-state index contributed by atoms with van der Waals surface area (Å²) >= 11 is 0. The van der Waals surface area contributed by atoms with Crippen LogP contribution in [0.5, 0.6) is 0 Å². The SMILES string of the molecule is CCCCCCCCCCCCCC(=O)O[C@H](CCCCCCCCCCC)CC(=O)O[C@@H]1[C@@H](NC(=O)CC(O)CCCCCCCCCCC)[C@@H](F)O[C@H](CO)[C@H]1OP(=O)(O)O. The third-order valence-electron chi connectivity index (χ3n) is 12.0. The smallest absolute Gasteiger partial charge is 0.462 e. The maximum atomic E-state index is 15.7. The zero-order valence-corrected chi connectivity index (χ0v) is 40.6. The molecule has 1 fully saturated rings. The van der Waals surface area contributed by atoms with Crippen molar-refractivity contribution in [2.75, 3.05) is 6.61 Å². The Hall–Kier alpha value is -1.67. The molecule has 0 saturated carbocycles. The lowest BCUT2D eigenvalue weighted by Crippen LogP contribution is -2.64. The van der Waals surface area contributed by atoms with E-state index in [1.807, 2.05) is 0 Å². The summed E-state index contributed by atoms with van der Waals surface area (Å²) in [4.78, 5) is 59.4. The van der Waals surface area contributed by atoms with Crippen molar-refractivity contribution in [3.05, 3.63) is 0 Å². The fourth-order valence-electron chi connectivity index (χ4n) is 8.32. The maximum Gasteiger partial charge on any atom is 0.470 e. The summed E-state index contributed by atoms with van der Waals surface area (Å²) in [6, 6.07) is -1.81. The van der Waals surface area contributed by atoms with Crippen molar-refractivity contribution in [2.24, 2.45) is 0 Å². The average molecular weight is 924 g/mol. The van der Waals surface area contributed by atoms with Crippen molar-refractivity contribution in [1.82, 2.24) is 5.32 Å². The van der Waals surface area contributed by atoms with E-state index in [-0.39, 0.29) is 6.42 Å². The van der Waals surface area contributed by atoms with Crippen LogP contribution in [0.4, 0.5) is 4.39 Å². The molecule has 0 aromatic rings. The molecule has 13 nitrogen and oxygen atoms in total. The molecule has 63 heavy (non-hydrogen) atoms. The topological polar surface area (TPSA) is 198 Å². The Labute approximate surface area is 380 Å². The molecular weight excluding hydrogens is 832 g/mol. The molecule has 1 saturated heterocycles. The van der Waals surface area contributed by atoms with E-state index < -0.39 is 88.0 Å². The van der Waals surface area contributed by atoms with E-state index in [0.29, 0.717) is 32.1 Å². The molecule has 372 valence electrons. The first-order valence-electron chi connectivity index (χ1n) is 25.4. The van der Waals surface area contributed by atoms with Gasteiger partial charge in [-0.05, 0) is 25.7 Å². The van der Waals surface area contributed by atoms with Crippen molar-refractivity contribution >= 4 is 25.7 Å². The van der Waals surface area contributed by atoms with Gasteiger partial charge in [-0.2, -0.15) is 0 Å². The van der Waals surface area contributed by atoms with Crippen LogP contribution in [0.25, 0.3) is 0 Å². The highest BCUT2D eigenvalue weighted by atomic mass is 31.2. The molecule has 0 aromatic heterocycles. The first-order valence-corrected chi connectivity index (χ1v) is 26.9. The number of unbranched alkanes of at least 4 members (excludes halogenated alkanes) is 26. The van der Waals surface area contributed by atoms with E-state index in [9.17, 15) is 38.9 Å². The highest BCUT2D eigenvalue weighted by Gasteiger charge is 2.52. The van der Waals surface area contributed by atoms with E-state index >= 15 is 4.39 Å². The highest BCUT2D eigenvalue weighted by molar-refractivity contribution is 7.46. The Morgan fingerprint density at radius 2 is 1.05 bits per heavy atom. The summed E-state index contributed by atoms with van der Waals surface area (Å²) in [5.74, 6) is -2.21. The summed E-state index contributed by atoms with van der Waals surface area (Å²) in [5.41, 5.74) is 0. The van der Waals surface area contributed by atoms with Gasteiger partial charge in [0.1, 0.15) is 24.4 Å². The summed E-state index contributed by atoms with van der Waals surface area (Å²) in [6.07, 6.45) is 22.2. The quantitative estimate of drug-likeness (QED) is 0.0221. The zero-order valence-electron chi connectivity index (χ0n) is 39.7. The molecule has 1 unspecified atom stereocenters. The minimum absolute atomic E-state index is 0.194. The van der Waals surface area contributed by atoms with E-state index in [0.717, 1.165) is 64.2 Å². The van der Waals surface area contributed by atoms with Crippen molar-refractivity contribution in [2.45, 2.75) is 282 Å². The van der Waals surface area contributed by atoms with Crippen LogP contribution >= 0.6 is 7.82 Å². The number of carbonyl (C=O) groups excluding carboxylic acids is 3. The second-order valence-electron chi connectivity index (χ2n) is 18.0. The van der Waals surface area contributed by atoms with Gasteiger partial charge in [-0.15, -0.1) is 0 Å². The van der Waals surface area contributed by atoms with Gasteiger partial charge in [0, 0.05) is 6.42 Å². The van der Waals surface area contributed by atoms with Gasteiger partial charge in [0.15, 0.2) is 6.10 Å². The predicted octanol–water partition coefficient (Wildman–Crippen LogP) is 11.1. The molecule has 1 amide bonds. The lowest BCUT2D eigenvalue weighted by atomic mass is 9.96. The Bertz CT molecular complexity index is 1190. The van der Waals surface area contributed by atoms with Crippen molar-refractivity contribution in [3.63, 3.8) is 0 Å². The van der Waals surface area contributed by atoms with Crippen LogP contribution in [0.15, 0.2) is 0 Å². The number of hydrogen-bond acceptors (Lipinski definition) is 10. The second kappa shape index (κ2) is 38.4. The lowest BCUT2D eigenvalue weighted by Gasteiger charge is -2.43. The molecule has 15 heteroatoms. The molecule has 1 aliphatic rings. The number of carbonyl (C=O) groups is 3. The number of aliphatic hydroxyl groups is 2. The molecule has 1 rings (SSSR count). The molecule has 5 N–H and O–H groups in total. The second-order valence-corrected chi connectivity index (χ2v) is 19.2. The van der Waals surface area contributed by atoms with Crippen LogP contribution in [0.2, 0.25) is 0 Å². The first-order chi connectivity index (χ1) is 30.3. The Balaban J connectivity index is 2.94. The zero-order chi connectivity index (χ0) is 46.6. The van der Waals surface area contributed by atoms with Gasteiger partial charge in [-0.3, -0.25) is 18.9 Å². The minimum atomic E-state index is -5.33. The van der Waals surface area contributed by atoms with Crippen LogP contribution in [-0.4, -0.2) is 87.4 Å². The molecule has 1 heterocycles. The number of aliphatic hydroxyl groups excluding tert-OH is 2. The number of halogens is 1. The number of amides is 1. The van der Waals surface area contributed by atoms with Gasteiger partial charge in [0.25, 0.3) is 0 Å². The van der Waals surface area contributed by atoms with Gasteiger partial charge in [-0.1, -0.05) is 194 Å². The fourth-order valence-corrected chi connectivity index (χ4v) is 8.89. The number of esters is 2. The highest BCUT2D eigenvalue weighted by Crippen LogP contribution is 2.42. The van der Waals surface area contributed by atoms with Crippen LogP contribution in [0, 0.1) is 0 Å². The average Bonchev–Trinajstić information content (AvgIpc) is 3.23. The number of nitrogens with one attached hydrogen (secondary N) is 1. The van der Waals surface area contributed by atoms with Gasteiger partial charge in [0.2, 0.25) is 12.3 Å². The third-order valence-corrected chi connectivity index (χ3v) is 12.6. The molecule has 0 radical (unpaired) electrons. The number of alkyl halides is 1. The summed E-state index contributed by atoms with van der Waals surface area (Å²) in [7, 11) is -5.33. The van der Waals surface area contributed by atoms with Crippen LogP contribution < -0.4 is 5.32 Å². The number of rotatable bonds is 42. The van der Waals surface area contributed by atoms with Crippen LogP contribution in [0.1, 0.15) is 239 Å². The molecule has 0 spiro atoms. The molecule has 7 atom stereocenters. The van der Waals surface area contributed by atoms with Gasteiger partial charge >= 0.3 is 19.8 Å². The maximum absolute atomic E-state index is 15.7.